The minimum atomic E-state index is -0.516. The normalized spacial score (nSPS) is 10.2. The van der Waals surface area contributed by atoms with Crippen LogP contribution in [0.25, 0.3) is 0 Å². The van der Waals surface area contributed by atoms with Gasteiger partial charge in [-0.1, -0.05) is 13.8 Å². The van der Waals surface area contributed by atoms with Crippen molar-refractivity contribution >= 4 is 17.3 Å². The van der Waals surface area contributed by atoms with Gasteiger partial charge < -0.3 is 15.4 Å². The molecule has 20 heavy (non-hydrogen) atoms. The molecule has 0 saturated heterocycles. The lowest BCUT2D eigenvalue weighted by Gasteiger charge is -2.10. The number of nitrogens with one attached hydrogen (secondary N) is 2. The molecule has 0 unspecified atom stereocenters. The second-order valence-electron chi connectivity index (χ2n) is 4.70. The van der Waals surface area contributed by atoms with E-state index in [1.165, 1.54) is 25.3 Å². The predicted molar refractivity (Wildman–Crippen MR) is 76.0 cm³/mol. The summed E-state index contributed by atoms with van der Waals surface area (Å²) in [4.78, 5) is 21.8. The molecule has 0 saturated carbocycles. The van der Waals surface area contributed by atoms with Gasteiger partial charge >= 0.3 is 5.69 Å². The minimum absolute atomic E-state index is 0.105. The van der Waals surface area contributed by atoms with E-state index in [4.69, 9.17) is 4.74 Å². The quantitative estimate of drug-likeness (QED) is 0.587. The molecule has 2 N–H and O–H groups in total. The van der Waals surface area contributed by atoms with Crippen LogP contribution in [0.5, 0.6) is 5.75 Å². The van der Waals surface area contributed by atoms with Gasteiger partial charge in [0, 0.05) is 24.4 Å². The maximum absolute atomic E-state index is 11.5. The molecule has 0 heterocycles. The van der Waals surface area contributed by atoms with Crippen molar-refractivity contribution in [2.75, 3.05) is 25.5 Å². The first-order valence-electron chi connectivity index (χ1n) is 6.27. The number of anilines is 1. The van der Waals surface area contributed by atoms with E-state index in [-0.39, 0.29) is 23.9 Å². The zero-order valence-corrected chi connectivity index (χ0v) is 11.8. The molecule has 1 amide bonds. The first kappa shape index (κ1) is 15.7. The summed E-state index contributed by atoms with van der Waals surface area (Å²) in [5, 5.41) is 16.4. The van der Waals surface area contributed by atoms with Crippen LogP contribution in [0.2, 0.25) is 0 Å². The summed E-state index contributed by atoms with van der Waals surface area (Å²) >= 11 is 0. The van der Waals surface area contributed by atoms with Crippen molar-refractivity contribution in [3.63, 3.8) is 0 Å². The van der Waals surface area contributed by atoms with Crippen molar-refractivity contribution in [1.29, 1.82) is 0 Å². The van der Waals surface area contributed by atoms with E-state index >= 15 is 0 Å². The number of nitrogens with zero attached hydrogens (tertiary/aromatic N) is 1. The number of rotatable bonds is 7. The summed E-state index contributed by atoms with van der Waals surface area (Å²) in [6.07, 6.45) is 0. The van der Waals surface area contributed by atoms with Crippen LogP contribution in [0.15, 0.2) is 18.2 Å². The lowest BCUT2D eigenvalue weighted by Crippen LogP contribution is -2.32. The number of hydrogen-bond acceptors (Lipinski definition) is 5. The summed E-state index contributed by atoms with van der Waals surface area (Å²) in [7, 11) is 1.36. The SMILES string of the molecule is COc1cc(NCC(=O)NCC(C)C)ccc1[N+](=O)[O-]. The molecular formula is C13H19N3O4. The van der Waals surface area contributed by atoms with Gasteiger partial charge in [0.25, 0.3) is 0 Å². The van der Waals surface area contributed by atoms with Crippen LogP contribution in [-0.4, -0.2) is 31.0 Å². The van der Waals surface area contributed by atoms with Crippen LogP contribution in [0.4, 0.5) is 11.4 Å². The van der Waals surface area contributed by atoms with Crippen molar-refractivity contribution < 1.29 is 14.5 Å². The fraction of sp³-hybridized carbons (Fsp3) is 0.462. The lowest BCUT2D eigenvalue weighted by atomic mass is 10.2. The van der Waals surface area contributed by atoms with Crippen LogP contribution < -0.4 is 15.4 Å². The Labute approximate surface area is 117 Å². The molecule has 0 radical (unpaired) electrons. The predicted octanol–water partition coefficient (Wildman–Crippen LogP) is 1.79. The molecule has 1 rings (SSSR count). The Kier molecular flexibility index (Phi) is 5.76. The van der Waals surface area contributed by atoms with E-state index < -0.39 is 4.92 Å². The Morgan fingerprint density at radius 3 is 2.70 bits per heavy atom. The Hall–Kier alpha value is -2.31. The summed E-state index contributed by atoms with van der Waals surface area (Å²) in [6.45, 7) is 4.74. The van der Waals surface area contributed by atoms with Gasteiger partial charge in [0.1, 0.15) is 0 Å². The zero-order valence-electron chi connectivity index (χ0n) is 11.8. The zero-order chi connectivity index (χ0) is 15.1. The largest absolute Gasteiger partial charge is 0.490 e. The first-order chi connectivity index (χ1) is 9.43. The van der Waals surface area contributed by atoms with Crippen LogP contribution >= 0.6 is 0 Å². The van der Waals surface area contributed by atoms with Gasteiger partial charge in [-0.2, -0.15) is 0 Å². The van der Waals surface area contributed by atoms with Gasteiger partial charge in [-0.05, 0) is 12.0 Å². The molecule has 7 heteroatoms. The fourth-order valence-corrected chi connectivity index (χ4v) is 1.50. The molecule has 1 aromatic carbocycles. The third-order valence-electron chi connectivity index (χ3n) is 2.54. The highest BCUT2D eigenvalue weighted by atomic mass is 16.6. The molecule has 0 bridgehead atoms. The van der Waals surface area contributed by atoms with Crippen LogP contribution in [0.3, 0.4) is 0 Å². The number of benzene rings is 1. The second kappa shape index (κ2) is 7.32. The van der Waals surface area contributed by atoms with Gasteiger partial charge in [-0.25, -0.2) is 0 Å². The molecule has 0 aliphatic heterocycles. The maximum Gasteiger partial charge on any atom is 0.311 e. The summed E-state index contributed by atoms with van der Waals surface area (Å²) in [5.41, 5.74) is 0.481. The molecule has 0 aromatic heterocycles. The van der Waals surface area contributed by atoms with Gasteiger partial charge in [0.2, 0.25) is 5.91 Å². The summed E-state index contributed by atoms with van der Waals surface area (Å²) in [6, 6.07) is 4.37. The number of carbonyl (C=O) groups excluding carboxylic acids is 1. The number of ether oxygens (including phenoxy) is 1. The van der Waals surface area contributed by atoms with Crippen molar-refractivity contribution in [3.05, 3.63) is 28.3 Å². The van der Waals surface area contributed by atoms with Crippen LogP contribution in [0, 0.1) is 16.0 Å². The second-order valence-corrected chi connectivity index (χ2v) is 4.70. The van der Waals surface area contributed by atoms with Crippen molar-refractivity contribution in [3.8, 4) is 5.75 Å². The molecule has 0 spiro atoms. The molecular weight excluding hydrogens is 262 g/mol. The minimum Gasteiger partial charge on any atom is -0.490 e. The van der Waals surface area contributed by atoms with E-state index in [1.54, 1.807) is 0 Å². The first-order valence-corrected chi connectivity index (χ1v) is 6.27. The van der Waals surface area contributed by atoms with E-state index in [0.717, 1.165) is 0 Å². The highest BCUT2D eigenvalue weighted by molar-refractivity contribution is 5.80. The summed E-state index contributed by atoms with van der Waals surface area (Å²) in [5.74, 6) is 0.414. The molecule has 110 valence electrons. The van der Waals surface area contributed by atoms with E-state index in [1.807, 2.05) is 13.8 Å². The van der Waals surface area contributed by atoms with Crippen LogP contribution in [-0.2, 0) is 4.79 Å². The molecule has 0 aliphatic carbocycles. The highest BCUT2D eigenvalue weighted by Gasteiger charge is 2.14. The smallest absolute Gasteiger partial charge is 0.311 e. The van der Waals surface area contributed by atoms with Gasteiger partial charge in [0.15, 0.2) is 5.75 Å². The lowest BCUT2D eigenvalue weighted by molar-refractivity contribution is -0.385. The van der Waals surface area contributed by atoms with Crippen molar-refractivity contribution in [2.45, 2.75) is 13.8 Å². The third kappa shape index (κ3) is 4.75. The molecule has 0 fully saturated rings. The Balaban J connectivity index is 2.61. The van der Waals surface area contributed by atoms with Crippen LogP contribution in [0.1, 0.15) is 13.8 Å². The average molecular weight is 281 g/mol. The Morgan fingerprint density at radius 2 is 2.15 bits per heavy atom. The van der Waals surface area contributed by atoms with Gasteiger partial charge in [-0.15, -0.1) is 0 Å². The molecule has 1 aromatic rings. The van der Waals surface area contributed by atoms with Crippen molar-refractivity contribution in [2.24, 2.45) is 5.92 Å². The highest BCUT2D eigenvalue weighted by Crippen LogP contribution is 2.29. The van der Waals surface area contributed by atoms with Gasteiger partial charge in [-0.3, -0.25) is 14.9 Å². The number of carbonyl (C=O) groups is 1. The number of nitro benzene ring substituents is 1. The number of hydrogen-bond donors (Lipinski definition) is 2. The maximum atomic E-state index is 11.5. The van der Waals surface area contributed by atoms with Crippen molar-refractivity contribution in [1.82, 2.24) is 5.32 Å². The topological polar surface area (TPSA) is 93.5 Å². The van der Waals surface area contributed by atoms with E-state index in [2.05, 4.69) is 10.6 Å². The average Bonchev–Trinajstić information content (AvgIpc) is 2.42. The third-order valence-corrected chi connectivity index (χ3v) is 2.54. The number of methoxy groups -OCH3 is 1. The van der Waals surface area contributed by atoms with E-state index in [0.29, 0.717) is 18.2 Å². The Morgan fingerprint density at radius 1 is 1.45 bits per heavy atom. The Bertz CT molecular complexity index is 489. The molecule has 0 atom stereocenters. The molecule has 0 aliphatic rings. The number of amides is 1. The monoisotopic (exact) mass is 281 g/mol. The fourth-order valence-electron chi connectivity index (χ4n) is 1.50. The summed E-state index contributed by atoms with van der Waals surface area (Å²) < 4.78 is 4.95. The standard InChI is InChI=1S/C13H19N3O4/c1-9(2)7-15-13(17)8-14-10-4-5-11(16(18)19)12(6-10)20-3/h4-6,9,14H,7-8H2,1-3H3,(H,15,17). The van der Waals surface area contributed by atoms with Gasteiger partial charge in [0.05, 0.1) is 18.6 Å². The number of nitro groups is 1. The molecule has 7 nitrogen and oxygen atoms in total. The van der Waals surface area contributed by atoms with E-state index in [9.17, 15) is 14.9 Å².